The van der Waals surface area contributed by atoms with Gasteiger partial charge in [0.15, 0.2) is 0 Å². The number of hydrogen-bond acceptors (Lipinski definition) is 3. The quantitative estimate of drug-likeness (QED) is 0.779. The van der Waals surface area contributed by atoms with E-state index in [2.05, 4.69) is 29.6 Å². The van der Waals surface area contributed by atoms with Crippen molar-refractivity contribution in [2.45, 2.75) is 13.3 Å². The van der Waals surface area contributed by atoms with Crippen LogP contribution >= 0.6 is 0 Å². The lowest BCUT2D eigenvalue weighted by molar-refractivity contribution is 0.342. The molecule has 0 radical (unpaired) electrons. The van der Waals surface area contributed by atoms with E-state index >= 15 is 0 Å². The minimum absolute atomic E-state index is 0.623. The first-order valence-electron chi connectivity index (χ1n) is 6.59. The van der Waals surface area contributed by atoms with E-state index in [1.165, 1.54) is 5.56 Å². The first-order valence-corrected chi connectivity index (χ1v) is 6.59. The fraction of sp³-hybridized carbons (Fsp3) is 0.250. The van der Waals surface area contributed by atoms with Crippen molar-refractivity contribution in [2.24, 2.45) is 0 Å². The summed E-state index contributed by atoms with van der Waals surface area (Å²) < 4.78 is 5.48. The second-order valence-electron chi connectivity index (χ2n) is 4.35. The highest BCUT2D eigenvalue weighted by Crippen LogP contribution is 2.25. The molecular formula is C16H20N2O. The maximum atomic E-state index is 5.84. The molecule has 3 N–H and O–H groups in total. The van der Waals surface area contributed by atoms with Crippen molar-refractivity contribution in [1.82, 2.24) is 0 Å². The first kappa shape index (κ1) is 13.3. The lowest BCUT2D eigenvalue weighted by atomic mass is 10.1. The molecule has 3 nitrogen and oxygen atoms in total. The van der Waals surface area contributed by atoms with Crippen LogP contribution in [0.15, 0.2) is 48.5 Å². The van der Waals surface area contributed by atoms with Gasteiger partial charge in [-0.25, -0.2) is 0 Å². The van der Waals surface area contributed by atoms with Crippen LogP contribution in [0.25, 0.3) is 0 Å². The van der Waals surface area contributed by atoms with E-state index in [0.717, 1.165) is 24.4 Å². The Morgan fingerprint density at radius 1 is 1.11 bits per heavy atom. The Kier molecular flexibility index (Phi) is 4.67. The molecule has 0 aromatic heterocycles. The van der Waals surface area contributed by atoms with Crippen molar-refractivity contribution in [1.29, 1.82) is 0 Å². The Morgan fingerprint density at radius 2 is 1.89 bits per heavy atom. The second kappa shape index (κ2) is 6.69. The molecule has 100 valence electrons. The molecule has 0 saturated carbocycles. The van der Waals surface area contributed by atoms with E-state index in [9.17, 15) is 0 Å². The average Bonchev–Trinajstić information content (AvgIpc) is 2.44. The zero-order valence-electron chi connectivity index (χ0n) is 11.2. The van der Waals surface area contributed by atoms with Crippen LogP contribution in [0.3, 0.4) is 0 Å². The van der Waals surface area contributed by atoms with Crippen LogP contribution in [-0.4, -0.2) is 13.2 Å². The summed E-state index contributed by atoms with van der Waals surface area (Å²) in [6.45, 7) is 3.46. The van der Waals surface area contributed by atoms with Gasteiger partial charge in [-0.1, -0.05) is 30.3 Å². The molecule has 0 bridgehead atoms. The van der Waals surface area contributed by atoms with Gasteiger partial charge in [-0.3, -0.25) is 0 Å². The summed E-state index contributed by atoms with van der Waals surface area (Å²) in [5, 5.41) is 3.38. The van der Waals surface area contributed by atoms with Gasteiger partial charge >= 0.3 is 0 Å². The van der Waals surface area contributed by atoms with Crippen LogP contribution in [0.1, 0.15) is 12.5 Å². The number of benzene rings is 2. The fourth-order valence-electron chi connectivity index (χ4n) is 1.92. The van der Waals surface area contributed by atoms with Gasteiger partial charge in [-0.15, -0.1) is 0 Å². The van der Waals surface area contributed by atoms with Crippen LogP contribution in [0.2, 0.25) is 0 Å². The smallest absolute Gasteiger partial charge is 0.144 e. The zero-order valence-corrected chi connectivity index (χ0v) is 11.2. The predicted molar refractivity (Wildman–Crippen MR) is 80.7 cm³/mol. The fourth-order valence-corrected chi connectivity index (χ4v) is 1.92. The zero-order chi connectivity index (χ0) is 13.5. The number of anilines is 2. The molecule has 2 rings (SSSR count). The third-order valence-electron chi connectivity index (χ3n) is 2.90. The highest BCUT2D eigenvalue weighted by atomic mass is 16.5. The molecule has 0 heterocycles. The van der Waals surface area contributed by atoms with Crippen molar-refractivity contribution in [3.05, 3.63) is 54.1 Å². The maximum Gasteiger partial charge on any atom is 0.144 e. The molecule has 19 heavy (non-hydrogen) atoms. The topological polar surface area (TPSA) is 47.3 Å². The van der Waals surface area contributed by atoms with E-state index in [1.807, 2.05) is 31.2 Å². The van der Waals surface area contributed by atoms with Crippen molar-refractivity contribution in [3.63, 3.8) is 0 Å². The van der Waals surface area contributed by atoms with Gasteiger partial charge in [0.1, 0.15) is 5.75 Å². The Bertz CT molecular complexity index is 511. The minimum atomic E-state index is 0.623. The van der Waals surface area contributed by atoms with Crippen LogP contribution in [-0.2, 0) is 6.42 Å². The van der Waals surface area contributed by atoms with Crippen molar-refractivity contribution < 1.29 is 4.74 Å². The number of hydrogen-bond donors (Lipinski definition) is 2. The molecule has 0 spiro atoms. The number of rotatable bonds is 6. The Labute approximate surface area is 114 Å². The number of nitrogens with two attached hydrogens (primary N) is 1. The Morgan fingerprint density at radius 3 is 2.63 bits per heavy atom. The SMILES string of the molecule is CCOc1cc(NCCc2ccccc2)ccc1N. The summed E-state index contributed by atoms with van der Waals surface area (Å²) in [5.74, 6) is 0.743. The monoisotopic (exact) mass is 256 g/mol. The summed E-state index contributed by atoms with van der Waals surface area (Å²) >= 11 is 0. The van der Waals surface area contributed by atoms with Gasteiger partial charge in [0.05, 0.1) is 12.3 Å². The maximum absolute atomic E-state index is 5.84. The third-order valence-corrected chi connectivity index (χ3v) is 2.90. The summed E-state index contributed by atoms with van der Waals surface area (Å²) in [7, 11) is 0. The highest BCUT2D eigenvalue weighted by Gasteiger charge is 2.01. The molecule has 0 aliphatic carbocycles. The molecule has 0 aliphatic heterocycles. The summed E-state index contributed by atoms with van der Waals surface area (Å²) in [6, 6.07) is 16.2. The van der Waals surface area contributed by atoms with E-state index in [-0.39, 0.29) is 0 Å². The van der Waals surface area contributed by atoms with E-state index in [4.69, 9.17) is 10.5 Å². The molecule has 0 atom stereocenters. The molecule has 0 unspecified atom stereocenters. The number of ether oxygens (including phenoxy) is 1. The molecule has 3 heteroatoms. The third kappa shape index (κ3) is 3.91. The summed E-state index contributed by atoms with van der Waals surface area (Å²) in [5.41, 5.74) is 8.88. The molecule has 0 aliphatic rings. The van der Waals surface area contributed by atoms with Gasteiger partial charge < -0.3 is 15.8 Å². The molecule has 0 saturated heterocycles. The van der Waals surface area contributed by atoms with Crippen molar-refractivity contribution in [2.75, 3.05) is 24.2 Å². The van der Waals surface area contributed by atoms with Crippen LogP contribution in [0.4, 0.5) is 11.4 Å². The van der Waals surface area contributed by atoms with E-state index in [1.54, 1.807) is 0 Å². The van der Waals surface area contributed by atoms with Gasteiger partial charge in [0.25, 0.3) is 0 Å². The standard InChI is InChI=1S/C16H20N2O/c1-2-19-16-12-14(8-9-15(16)17)18-11-10-13-6-4-3-5-7-13/h3-9,12,18H,2,10-11,17H2,1H3. The molecule has 2 aromatic carbocycles. The van der Waals surface area contributed by atoms with Crippen LogP contribution < -0.4 is 15.8 Å². The van der Waals surface area contributed by atoms with Gasteiger partial charge in [0.2, 0.25) is 0 Å². The van der Waals surface area contributed by atoms with Gasteiger partial charge in [-0.2, -0.15) is 0 Å². The minimum Gasteiger partial charge on any atom is -0.492 e. The normalized spacial score (nSPS) is 10.2. The van der Waals surface area contributed by atoms with E-state index in [0.29, 0.717) is 12.3 Å². The Balaban J connectivity index is 1.91. The van der Waals surface area contributed by atoms with Crippen molar-refractivity contribution in [3.8, 4) is 5.75 Å². The van der Waals surface area contributed by atoms with Gasteiger partial charge in [0, 0.05) is 18.3 Å². The largest absolute Gasteiger partial charge is 0.492 e. The summed E-state index contributed by atoms with van der Waals surface area (Å²) in [4.78, 5) is 0. The molecular weight excluding hydrogens is 236 g/mol. The van der Waals surface area contributed by atoms with E-state index < -0.39 is 0 Å². The second-order valence-corrected chi connectivity index (χ2v) is 4.35. The van der Waals surface area contributed by atoms with Crippen LogP contribution in [0.5, 0.6) is 5.75 Å². The first-order chi connectivity index (χ1) is 9.29. The van der Waals surface area contributed by atoms with Crippen LogP contribution in [0, 0.1) is 0 Å². The van der Waals surface area contributed by atoms with Crippen molar-refractivity contribution >= 4 is 11.4 Å². The molecule has 0 fully saturated rings. The number of nitrogen functional groups attached to an aromatic ring is 1. The highest BCUT2D eigenvalue weighted by molar-refractivity contribution is 5.61. The predicted octanol–water partition coefficient (Wildman–Crippen LogP) is 3.32. The lowest BCUT2D eigenvalue weighted by Crippen LogP contribution is -2.05. The summed E-state index contributed by atoms with van der Waals surface area (Å²) in [6.07, 6.45) is 0.995. The molecule has 2 aromatic rings. The van der Waals surface area contributed by atoms with Gasteiger partial charge in [-0.05, 0) is 31.0 Å². The Hall–Kier alpha value is -2.16. The number of nitrogens with one attached hydrogen (secondary N) is 1. The molecule has 0 amide bonds. The average molecular weight is 256 g/mol. The lowest BCUT2D eigenvalue weighted by Gasteiger charge is -2.11.